The lowest BCUT2D eigenvalue weighted by molar-refractivity contribution is 0.0781. The molecule has 0 atom stereocenters. The van der Waals surface area contributed by atoms with Gasteiger partial charge in [0.1, 0.15) is 18.5 Å². The molecule has 0 spiro atoms. The molecule has 118 valence electrons. The van der Waals surface area contributed by atoms with Gasteiger partial charge in [0.2, 0.25) is 0 Å². The van der Waals surface area contributed by atoms with E-state index in [2.05, 4.69) is 20.3 Å². The fraction of sp³-hybridized carbons (Fsp3) is 0.267. The van der Waals surface area contributed by atoms with Crippen molar-refractivity contribution in [3.05, 3.63) is 54.5 Å². The van der Waals surface area contributed by atoms with Crippen LogP contribution in [-0.4, -0.2) is 47.4 Å². The molecule has 0 aromatic carbocycles. The maximum Gasteiger partial charge on any atom is 0.255 e. The summed E-state index contributed by atoms with van der Waals surface area (Å²) in [6.45, 7) is 3.30. The molecule has 3 aromatic heterocycles. The lowest BCUT2D eigenvalue weighted by Crippen LogP contribution is -2.27. The lowest BCUT2D eigenvalue weighted by atomic mass is 10.2. The molecule has 0 aliphatic heterocycles. The highest BCUT2D eigenvalue weighted by atomic mass is 16.2. The number of aromatic nitrogens is 6. The molecule has 0 aliphatic carbocycles. The normalized spacial score (nSPS) is 10.7. The fourth-order valence-electron chi connectivity index (χ4n) is 2.30. The van der Waals surface area contributed by atoms with E-state index in [9.17, 15) is 4.79 Å². The topological polar surface area (TPSA) is 81.7 Å². The molecule has 0 fully saturated rings. The highest BCUT2D eigenvalue weighted by Crippen LogP contribution is 2.10. The first kappa shape index (κ1) is 14.9. The van der Waals surface area contributed by atoms with Gasteiger partial charge in [-0.1, -0.05) is 0 Å². The van der Waals surface area contributed by atoms with Crippen molar-refractivity contribution in [1.29, 1.82) is 0 Å². The van der Waals surface area contributed by atoms with Gasteiger partial charge in [0.05, 0.1) is 17.8 Å². The molecule has 8 heteroatoms. The average Bonchev–Trinajstić information content (AvgIpc) is 3.25. The molecule has 3 heterocycles. The van der Waals surface area contributed by atoms with Crippen molar-refractivity contribution in [2.45, 2.75) is 20.0 Å². The molecule has 3 aromatic rings. The van der Waals surface area contributed by atoms with E-state index in [-0.39, 0.29) is 5.91 Å². The number of rotatable bonds is 5. The highest BCUT2D eigenvalue weighted by molar-refractivity contribution is 5.93. The van der Waals surface area contributed by atoms with E-state index >= 15 is 0 Å². The van der Waals surface area contributed by atoms with Gasteiger partial charge < -0.3 is 4.90 Å². The van der Waals surface area contributed by atoms with E-state index in [1.54, 1.807) is 53.7 Å². The minimum atomic E-state index is -0.0864. The number of amides is 1. The second kappa shape index (κ2) is 6.39. The van der Waals surface area contributed by atoms with Gasteiger partial charge in [-0.25, -0.2) is 4.98 Å². The minimum Gasteiger partial charge on any atom is -0.336 e. The average molecular weight is 311 g/mol. The Morgan fingerprint density at radius 2 is 2.00 bits per heavy atom. The molecular formula is C15H17N7O. The molecular weight excluding hydrogens is 294 g/mol. The Balaban J connectivity index is 1.72. The number of carbonyl (C=O) groups excluding carboxylic acids is 1. The van der Waals surface area contributed by atoms with E-state index in [0.717, 1.165) is 12.2 Å². The standard InChI is InChI=1S/C15H17N7O/c1-3-22-13(6-7-19-22)9-20(2)15(23)12-4-5-14(16-8-12)21-10-17-18-11-21/h4-8,10-11H,3,9H2,1-2H3. The van der Waals surface area contributed by atoms with Crippen LogP contribution in [0.1, 0.15) is 23.0 Å². The molecule has 8 nitrogen and oxygen atoms in total. The van der Waals surface area contributed by atoms with Crippen molar-refractivity contribution in [1.82, 2.24) is 34.4 Å². The van der Waals surface area contributed by atoms with Crippen LogP contribution in [0.4, 0.5) is 0 Å². The van der Waals surface area contributed by atoms with Gasteiger partial charge in [-0.2, -0.15) is 5.10 Å². The van der Waals surface area contributed by atoms with E-state index in [0.29, 0.717) is 17.9 Å². The first-order valence-corrected chi connectivity index (χ1v) is 7.26. The third kappa shape index (κ3) is 3.10. The zero-order valence-electron chi connectivity index (χ0n) is 13.0. The third-order valence-electron chi connectivity index (χ3n) is 3.53. The number of hydrogen-bond acceptors (Lipinski definition) is 5. The highest BCUT2D eigenvalue weighted by Gasteiger charge is 2.14. The Kier molecular flexibility index (Phi) is 4.13. The Hall–Kier alpha value is -3.03. The lowest BCUT2D eigenvalue weighted by Gasteiger charge is -2.17. The van der Waals surface area contributed by atoms with Gasteiger partial charge in [-0.05, 0) is 25.1 Å². The first-order chi connectivity index (χ1) is 11.2. The Labute approximate surface area is 133 Å². The largest absolute Gasteiger partial charge is 0.336 e. The summed E-state index contributed by atoms with van der Waals surface area (Å²) >= 11 is 0. The van der Waals surface area contributed by atoms with Crippen molar-refractivity contribution in [2.24, 2.45) is 0 Å². The first-order valence-electron chi connectivity index (χ1n) is 7.26. The van der Waals surface area contributed by atoms with Crippen LogP contribution in [-0.2, 0) is 13.1 Å². The van der Waals surface area contributed by atoms with Crippen LogP contribution in [0.5, 0.6) is 0 Å². The van der Waals surface area contributed by atoms with Crippen LogP contribution in [0.15, 0.2) is 43.2 Å². The van der Waals surface area contributed by atoms with Crippen molar-refractivity contribution in [3.63, 3.8) is 0 Å². The van der Waals surface area contributed by atoms with Crippen LogP contribution >= 0.6 is 0 Å². The molecule has 0 bridgehead atoms. The number of hydrogen-bond donors (Lipinski definition) is 0. The van der Waals surface area contributed by atoms with Crippen molar-refractivity contribution in [3.8, 4) is 5.82 Å². The summed E-state index contributed by atoms with van der Waals surface area (Å²) in [5.74, 6) is 0.579. The second-order valence-electron chi connectivity index (χ2n) is 5.07. The Bertz CT molecular complexity index is 777. The van der Waals surface area contributed by atoms with Crippen LogP contribution in [0.25, 0.3) is 5.82 Å². The summed E-state index contributed by atoms with van der Waals surface area (Å²) in [5.41, 5.74) is 1.53. The molecule has 3 rings (SSSR count). The van der Waals surface area contributed by atoms with E-state index in [4.69, 9.17) is 0 Å². The van der Waals surface area contributed by atoms with Crippen LogP contribution in [0.3, 0.4) is 0 Å². The van der Waals surface area contributed by atoms with Crippen LogP contribution in [0, 0.1) is 0 Å². The summed E-state index contributed by atoms with van der Waals surface area (Å²) in [6, 6.07) is 5.43. The van der Waals surface area contributed by atoms with E-state index < -0.39 is 0 Å². The maximum absolute atomic E-state index is 12.5. The predicted octanol–water partition coefficient (Wildman–Crippen LogP) is 1.15. The summed E-state index contributed by atoms with van der Waals surface area (Å²) < 4.78 is 3.55. The summed E-state index contributed by atoms with van der Waals surface area (Å²) in [7, 11) is 1.77. The second-order valence-corrected chi connectivity index (χ2v) is 5.07. The molecule has 0 unspecified atom stereocenters. The van der Waals surface area contributed by atoms with Crippen molar-refractivity contribution in [2.75, 3.05) is 7.05 Å². The zero-order chi connectivity index (χ0) is 16.2. The zero-order valence-corrected chi connectivity index (χ0v) is 13.0. The molecule has 0 saturated heterocycles. The smallest absolute Gasteiger partial charge is 0.255 e. The number of aryl methyl sites for hydroxylation is 1. The third-order valence-corrected chi connectivity index (χ3v) is 3.53. The number of nitrogens with zero attached hydrogens (tertiary/aromatic N) is 7. The van der Waals surface area contributed by atoms with Gasteiger partial charge in [0, 0.05) is 26.0 Å². The van der Waals surface area contributed by atoms with Gasteiger partial charge in [-0.3, -0.25) is 14.0 Å². The van der Waals surface area contributed by atoms with Gasteiger partial charge in [0.15, 0.2) is 0 Å². The SMILES string of the molecule is CCn1nccc1CN(C)C(=O)c1ccc(-n2cnnc2)nc1. The molecule has 0 radical (unpaired) electrons. The fourth-order valence-corrected chi connectivity index (χ4v) is 2.30. The van der Waals surface area contributed by atoms with Gasteiger partial charge in [-0.15, -0.1) is 10.2 Å². The Morgan fingerprint density at radius 3 is 2.65 bits per heavy atom. The minimum absolute atomic E-state index is 0.0864. The molecule has 0 aliphatic rings. The molecule has 23 heavy (non-hydrogen) atoms. The molecule has 0 N–H and O–H groups in total. The molecule has 1 amide bonds. The number of pyridine rings is 1. The Morgan fingerprint density at radius 1 is 1.22 bits per heavy atom. The summed E-state index contributed by atoms with van der Waals surface area (Å²) in [4.78, 5) is 18.4. The quantitative estimate of drug-likeness (QED) is 0.706. The summed E-state index contributed by atoms with van der Waals surface area (Å²) in [6.07, 6.45) is 6.42. The van der Waals surface area contributed by atoms with Crippen LogP contribution < -0.4 is 0 Å². The van der Waals surface area contributed by atoms with Crippen LogP contribution in [0.2, 0.25) is 0 Å². The number of carbonyl (C=O) groups is 1. The van der Waals surface area contributed by atoms with Crippen molar-refractivity contribution < 1.29 is 4.79 Å². The predicted molar refractivity (Wildman–Crippen MR) is 82.9 cm³/mol. The van der Waals surface area contributed by atoms with E-state index in [1.807, 2.05) is 17.7 Å². The maximum atomic E-state index is 12.5. The monoisotopic (exact) mass is 311 g/mol. The summed E-state index contributed by atoms with van der Waals surface area (Å²) in [5, 5.41) is 11.7. The molecule has 0 saturated carbocycles. The van der Waals surface area contributed by atoms with Gasteiger partial charge in [0.25, 0.3) is 5.91 Å². The van der Waals surface area contributed by atoms with Crippen molar-refractivity contribution >= 4 is 5.91 Å². The van der Waals surface area contributed by atoms with E-state index in [1.165, 1.54) is 0 Å². The van der Waals surface area contributed by atoms with Gasteiger partial charge >= 0.3 is 0 Å².